The first kappa shape index (κ1) is 27.8. The lowest BCUT2D eigenvalue weighted by Crippen LogP contribution is -2.51. The Balaban J connectivity index is 2.03. The Morgan fingerprint density at radius 1 is 0.946 bits per heavy atom. The van der Waals surface area contributed by atoms with Crippen LogP contribution in [0.1, 0.15) is 25.0 Å². The molecule has 2 amide bonds. The van der Waals surface area contributed by atoms with Crippen molar-refractivity contribution in [3.8, 4) is 0 Å². The molecule has 0 saturated carbocycles. The van der Waals surface area contributed by atoms with Gasteiger partial charge in [0.05, 0.1) is 10.6 Å². The van der Waals surface area contributed by atoms with E-state index in [0.29, 0.717) is 6.54 Å². The molecule has 7 nitrogen and oxygen atoms in total. The second-order valence-corrected chi connectivity index (χ2v) is 10.3. The van der Waals surface area contributed by atoms with Crippen LogP contribution in [0.15, 0.2) is 77.7 Å². The van der Waals surface area contributed by atoms with Crippen molar-refractivity contribution in [1.82, 2.24) is 10.2 Å². The molecule has 0 unspecified atom stereocenters. The molecule has 1 N–H and O–H groups in total. The van der Waals surface area contributed by atoms with Crippen LogP contribution in [0.25, 0.3) is 0 Å². The molecule has 0 saturated heterocycles. The molecule has 3 aromatic rings. The summed E-state index contributed by atoms with van der Waals surface area (Å²) in [5.74, 6) is -2.34. The summed E-state index contributed by atoms with van der Waals surface area (Å²) in [7, 11) is -4.30. The lowest BCUT2D eigenvalue weighted by atomic mass is 10.1. The highest BCUT2D eigenvalue weighted by Gasteiger charge is 2.32. The Morgan fingerprint density at radius 3 is 2.16 bits per heavy atom. The number of amides is 2. The molecule has 3 rings (SSSR count). The van der Waals surface area contributed by atoms with Gasteiger partial charge in [0.2, 0.25) is 11.8 Å². The number of rotatable bonds is 10. The monoisotopic (exact) mass is 529 g/mol. The third-order valence-corrected chi connectivity index (χ3v) is 7.61. The molecule has 0 radical (unpaired) electrons. The Bertz CT molecular complexity index is 1350. The van der Waals surface area contributed by atoms with E-state index >= 15 is 0 Å². The van der Waals surface area contributed by atoms with Gasteiger partial charge < -0.3 is 10.2 Å². The van der Waals surface area contributed by atoms with E-state index in [1.165, 1.54) is 25.1 Å². The van der Waals surface area contributed by atoms with Crippen LogP contribution in [0.5, 0.6) is 0 Å². The summed E-state index contributed by atoms with van der Waals surface area (Å²) in [4.78, 5) is 27.2. The van der Waals surface area contributed by atoms with Crippen LogP contribution in [0.4, 0.5) is 14.5 Å². The third-order valence-electron chi connectivity index (χ3n) is 5.82. The van der Waals surface area contributed by atoms with Gasteiger partial charge >= 0.3 is 0 Å². The number of nitrogens with zero attached hydrogens (tertiary/aromatic N) is 2. The molecule has 1 atom stereocenters. The smallest absolute Gasteiger partial charge is 0.264 e. The van der Waals surface area contributed by atoms with Crippen molar-refractivity contribution < 1.29 is 26.8 Å². The number of likely N-dealkylation sites (N-methyl/N-ethyl adjacent to an activating group) is 1. The topological polar surface area (TPSA) is 86.8 Å². The van der Waals surface area contributed by atoms with Gasteiger partial charge in [0.25, 0.3) is 10.0 Å². The van der Waals surface area contributed by atoms with Gasteiger partial charge in [0, 0.05) is 18.7 Å². The largest absolute Gasteiger partial charge is 0.355 e. The van der Waals surface area contributed by atoms with Crippen LogP contribution in [0.3, 0.4) is 0 Å². The van der Waals surface area contributed by atoms with Gasteiger partial charge in [-0.1, -0.05) is 35.9 Å². The molecule has 10 heteroatoms. The van der Waals surface area contributed by atoms with Gasteiger partial charge in [0.15, 0.2) is 0 Å². The average molecular weight is 530 g/mol. The molecular formula is C27H29F2N3O4S. The molecule has 3 aromatic carbocycles. The Kier molecular flexibility index (Phi) is 8.99. The molecule has 0 aliphatic rings. The summed E-state index contributed by atoms with van der Waals surface area (Å²) in [6.07, 6.45) is 0. The van der Waals surface area contributed by atoms with Crippen molar-refractivity contribution in [2.45, 2.75) is 38.3 Å². The van der Waals surface area contributed by atoms with E-state index in [2.05, 4.69) is 5.32 Å². The molecule has 0 aromatic heterocycles. The molecular weight excluding hydrogens is 500 g/mol. The number of carbonyl (C=O) groups excluding carboxylic acids is 2. The number of halogens is 2. The standard InChI is InChI=1S/C27H29F2N3O4S/c1-4-30-27(34)20(3)31(17-21-7-5-6-8-25(21)29)26(33)18-32(23-13-9-19(2)10-14-23)37(35,36)24-15-11-22(28)12-16-24/h5-16,20H,4,17-18H2,1-3H3,(H,30,34)/t20-/m0/s1. The van der Waals surface area contributed by atoms with E-state index in [-0.39, 0.29) is 22.7 Å². The second-order valence-electron chi connectivity index (χ2n) is 8.48. The zero-order valence-electron chi connectivity index (χ0n) is 20.8. The molecule has 0 aliphatic carbocycles. The van der Waals surface area contributed by atoms with Crippen molar-refractivity contribution in [2.75, 3.05) is 17.4 Å². The van der Waals surface area contributed by atoms with Crippen molar-refractivity contribution >= 4 is 27.5 Å². The number of anilines is 1. The first-order chi connectivity index (χ1) is 17.5. The van der Waals surface area contributed by atoms with Crippen LogP contribution in [-0.2, 0) is 26.2 Å². The average Bonchev–Trinajstić information content (AvgIpc) is 2.87. The van der Waals surface area contributed by atoms with Crippen molar-refractivity contribution in [3.63, 3.8) is 0 Å². The second kappa shape index (κ2) is 12.0. The van der Waals surface area contributed by atoms with E-state index < -0.39 is 46.1 Å². The highest BCUT2D eigenvalue weighted by Crippen LogP contribution is 2.25. The summed E-state index contributed by atoms with van der Waals surface area (Å²) < 4.78 is 56.0. The van der Waals surface area contributed by atoms with E-state index in [1.54, 1.807) is 37.3 Å². The zero-order chi connectivity index (χ0) is 27.2. The fraction of sp³-hybridized carbons (Fsp3) is 0.259. The minimum atomic E-state index is -4.30. The number of benzene rings is 3. The van der Waals surface area contributed by atoms with Gasteiger partial charge in [-0.2, -0.15) is 0 Å². The highest BCUT2D eigenvalue weighted by atomic mass is 32.2. The molecule has 0 fully saturated rings. The SMILES string of the molecule is CCNC(=O)[C@H](C)N(Cc1ccccc1F)C(=O)CN(c1ccc(C)cc1)S(=O)(=O)c1ccc(F)cc1. The number of sulfonamides is 1. The van der Waals surface area contributed by atoms with E-state index in [4.69, 9.17) is 0 Å². The van der Waals surface area contributed by atoms with Crippen molar-refractivity contribution in [3.05, 3.63) is 95.6 Å². The number of aryl methyl sites for hydroxylation is 1. The number of carbonyl (C=O) groups is 2. The first-order valence-corrected chi connectivity index (χ1v) is 13.1. The maximum Gasteiger partial charge on any atom is 0.264 e. The van der Waals surface area contributed by atoms with E-state index in [0.717, 1.165) is 39.0 Å². The molecule has 196 valence electrons. The summed E-state index contributed by atoms with van der Waals surface area (Å²) in [6.45, 7) is 4.46. The summed E-state index contributed by atoms with van der Waals surface area (Å²) in [6, 6.07) is 15.6. The molecule has 37 heavy (non-hydrogen) atoms. The van der Waals surface area contributed by atoms with Crippen molar-refractivity contribution in [2.24, 2.45) is 0 Å². The first-order valence-electron chi connectivity index (χ1n) is 11.7. The van der Waals surface area contributed by atoms with E-state index in [1.807, 2.05) is 6.92 Å². The third kappa shape index (κ3) is 6.71. The van der Waals surface area contributed by atoms with Crippen LogP contribution < -0.4 is 9.62 Å². The van der Waals surface area contributed by atoms with Crippen LogP contribution in [0, 0.1) is 18.6 Å². The molecule has 0 bridgehead atoms. The van der Waals surface area contributed by atoms with Gasteiger partial charge in [-0.25, -0.2) is 17.2 Å². The summed E-state index contributed by atoms with van der Waals surface area (Å²) in [5.41, 5.74) is 1.26. The van der Waals surface area contributed by atoms with Gasteiger partial charge in [-0.15, -0.1) is 0 Å². The maximum absolute atomic E-state index is 14.5. The Morgan fingerprint density at radius 2 is 1.57 bits per heavy atom. The number of hydrogen-bond donors (Lipinski definition) is 1. The maximum atomic E-state index is 14.5. The fourth-order valence-corrected chi connectivity index (χ4v) is 5.10. The predicted molar refractivity (Wildman–Crippen MR) is 137 cm³/mol. The Hall–Kier alpha value is -3.79. The minimum Gasteiger partial charge on any atom is -0.355 e. The lowest BCUT2D eigenvalue weighted by Gasteiger charge is -2.32. The van der Waals surface area contributed by atoms with Gasteiger partial charge in [0.1, 0.15) is 24.2 Å². The number of hydrogen-bond acceptors (Lipinski definition) is 4. The molecule has 0 heterocycles. The highest BCUT2D eigenvalue weighted by molar-refractivity contribution is 7.92. The predicted octanol–water partition coefficient (Wildman–Crippen LogP) is 4.02. The zero-order valence-corrected chi connectivity index (χ0v) is 21.6. The van der Waals surface area contributed by atoms with Crippen LogP contribution in [-0.4, -0.2) is 44.3 Å². The summed E-state index contributed by atoms with van der Waals surface area (Å²) >= 11 is 0. The van der Waals surface area contributed by atoms with Gasteiger partial charge in [-0.3, -0.25) is 13.9 Å². The van der Waals surface area contributed by atoms with Crippen LogP contribution >= 0.6 is 0 Å². The van der Waals surface area contributed by atoms with Gasteiger partial charge in [-0.05, 0) is 63.2 Å². The minimum absolute atomic E-state index is 0.176. The summed E-state index contributed by atoms with van der Waals surface area (Å²) in [5, 5.41) is 2.64. The lowest BCUT2D eigenvalue weighted by molar-refractivity contribution is -0.139. The van der Waals surface area contributed by atoms with E-state index in [9.17, 15) is 26.8 Å². The fourth-order valence-electron chi connectivity index (χ4n) is 3.69. The normalized spacial score (nSPS) is 12.0. The van der Waals surface area contributed by atoms with Crippen LogP contribution in [0.2, 0.25) is 0 Å². The Labute approximate surface area is 215 Å². The molecule has 0 aliphatic heterocycles. The number of nitrogens with one attached hydrogen (secondary N) is 1. The molecule has 0 spiro atoms. The quantitative estimate of drug-likeness (QED) is 0.430. The van der Waals surface area contributed by atoms with Crippen molar-refractivity contribution in [1.29, 1.82) is 0 Å².